The van der Waals surface area contributed by atoms with E-state index < -0.39 is 27.4 Å². The van der Waals surface area contributed by atoms with Gasteiger partial charge >= 0.3 is 0 Å². The summed E-state index contributed by atoms with van der Waals surface area (Å²) in [6, 6.07) is 17.3. The summed E-state index contributed by atoms with van der Waals surface area (Å²) in [7, 11) is -1.31. The molecule has 0 spiro atoms. The molecule has 0 aromatic heterocycles. The fraction of sp³-hybridized carbons (Fsp3) is 0.136. The Morgan fingerprint density at radius 3 is 2.36 bits per heavy atom. The number of nitrogens with one attached hydrogen (secondary N) is 1. The van der Waals surface area contributed by atoms with Crippen LogP contribution >= 0.6 is 0 Å². The van der Waals surface area contributed by atoms with Crippen LogP contribution in [-0.4, -0.2) is 40.0 Å². The molecular weight excluding hydrogens is 450 g/mol. The van der Waals surface area contributed by atoms with Crippen molar-refractivity contribution >= 4 is 33.0 Å². The number of nitrogens with zero attached hydrogens (tertiary/aromatic N) is 2. The van der Waals surface area contributed by atoms with E-state index in [0.717, 1.165) is 10.4 Å². The quantitative estimate of drug-likeness (QED) is 0.374. The largest absolute Gasteiger partial charge is 0.497 e. The van der Waals surface area contributed by atoms with Gasteiger partial charge in [0.05, 0.1) is 35.4 Å². The maximum atomic E-state index is 13.3. The summed E-state index contributed by atoms with van der Waals surface area (Å²) >= 11 is 0. The molecule has 0 heterocycles. The summed E-state index contributed by atoms with van der Waals surface area (Å²) < 4.78 is 37.9. The molecule has 0 aliphatic heterocycles. The average Bonchev–Trinajstić information content (AvgIpc) is 2.83. The van der Waals surface area contributed by atoms with Crippen molar-refractivity contribution in [2.45, 2.75) is 4.90 Å². The van der Waals surface area contributed by atoms with Gasteiger partial charge in [-0.3, -0.25) is 19.2 Å². The molecule has 0 aliphatic rings. The fourth-order valence-corrected chi connectivity index (χ4v) is 4.45. The Morgan fingerprint density at radius 1 is 1.00 bits per heavy atom. The molecule has 0 saturated carbocycles. The number of benzene rings is 3. The minimum absolute atomic E-state index is 0.0232. The van der Waals surface area contributed by atoms with E-state index in [4.69, 9.17) is 9.47 Å². The van der Waals surface area contributed by atoms with Crippen LogP contribution in [0.25, 0.3) is 0 Å². The van der Waals surface area contributed by atoms with Gasteiger partial charge in [-0.1, -0.05) is 24.3 Å². The van der Waals surface area contributed by atoms with Gasteiger partial charge in [0.25, 0.3) is 15.7 Å². The van der Waals surface area contributed by atoms with Gasteiger partial charge in [-0.05, 0) is 30.3 Å². The maximum absolute atomic E-state index is 13.3. The van der Waals surface area contributed by atoms with Crippen LogP contribution in [0.15, 0.2) is 77.7 Å². The molecule has 1 N–H and O–H groups in total. The number of anilines is 2. The highest BCUT2D eigenvalue weighted by Gasteiger charge is 2.28. The standard InChI is InChI=1S/C22H21N3O7S/c1-31-18-11-12-20(21(14-18)32-2)23-22(26)15-24(16-7-6-8-17(13-16)25(27)28)33(29,30)19-9-4-3-5-10-19/h3-14H,15H2,1-2H3,(H,23,26). The lowest BCUT2D eigenvalue weighted by Gasteiger charge is -2.24. The molecule has 0 fully saturated rings. The third-order valence-corrected chi connectivity index (χ3v) is 6.42. The van der Waals surface area contributed by atoms with Crippen molar-refractivity contribution in [2.75, 3.05) is 30.4 Å². The number of ether oxygens (including phenoxy) is 2. The van der Waals surface area contributed by atoms with Crippen molar-refractivity contribution in [1.29, 1.82) is 0 Å². The molecule has 10 nitrogen and oxygen atoms in total. The number of hydrogen-bond donors (Lipinski definition) is 1. The fourth-order valence-electron chi connectivity index (χ4n) is 3.02. The number of nitro groups is 1. The van der Waals surface area contributed by atoms with Crippen LogP contribution in [0.1, 0.15) is 0 Å². The number of hydrogen-bond acceptors (Lipinski definition) is 7. The smallest absolute Gasteiger partial charge is 0.271 e. The molecule has 0 atom stereocenters. The van der Waals surface area contributed by atoms with E-state index in [-0.39, 0.29) is 16.3 Å². The molecule has 172 valence electrons. The second kappa shape index (κ2) is 10.0. The Morgan fingerprint density at radius 2 is 1.73 bits per heavy atom. The second-order valence-corrected chi connectivity index (χ2v) is 8.58. The highest BCUT2D eigenvalue weighted by molar-refractivity contribution is 7.92. The third-order valence-electron chi connectivity index (χ3n) is 4.63. The van der Waals surface area contributed by atoms with Crippen LogP contribution in [0.5, 0.6) is 11.5 Å². The number of amides is 1. The van der Waals surface area contributed by atoms with E-state index in [2.05, 4.69) is 5.32 Å². The first-order valence-electron chi connectivity index (χ1n) is 9.60. The zero-order valence-electron chi connectivity index (χ0n) is 17.8. The van der Waals surface area contributed by atoms with Gasteiger partial charge in [0, 0.05) is 18.2 Å². The molecule has 0 radical (unpaired) electrons. The zero-order chi connectivity index (χ0) is 24.0. The number of carbonyl (C=O) groups is 1. The zero-order valence-corrected chi connectivity index (χ0v) is 18.6. The van der Waals surface area contributed by atoms with Crippen LogP contribution in [0.2, 0.25) is 0 Å². The summed E-state index contributed by atoms with van der Waals surface area (Å²) in [5.41, 5.74) is -0.0257. The van der Waals surface area contributed by atoms with E-state index in [9.17, 15) is 23.3 Å². The third kappa shape index (κ3) is 5.39. The average molecular weight is 471 g/mol. The molecule has 3 rings (SSSR count). The van der Waals surface area contributed by atoms with E-state index in [1.54, 1.807) is 36.4 Å². The molecule has 1 amide bonds. The summed E-state index contributed by atoms with van der Waals surface area (Å²) in [5.74, 6) is 0.148. The molecule has 0 aliphatic carbocycles. The summed E-state index contributed by atoms with van der Waals surface area (Å²) in [6.45, 7) is -0.631. The predicted molar refractivity (Wildman–Crippen MR) is 122 cm³/mol. The molecule has 11 heteroatoms. The SMILES string of the molecule is COc1ccc(NC(=O)CN(c2cccc([N+](=O)[O-])c2)S(=O)(=O)c2ccccc2)c(OC)c1. The predicted octanol–water partition coefficient (Wildman–Crippen LogP) is 3.45. The summed E-state index contributed by atoms with van der Waals surface area (Å²) in [6.07, 6.45) is 0. The van der Waals surface area contributed by atoms with Crippen LogP contribution in [0, 0.1) is 10.1 Å². The van der Waals surface area contributed by atoms with Crippen molar-refractivity contribution < 1.29 is 27.6 Å². The Bertz CT molecular complexity index is 1260. The number of nitro benzene ring substituents is 1. The topological polar surface area (TPSA) is 128 Å². The molecule has 33 heavy (non-hydrogen) atoms. The summed E-state index contributed by atoms with van der Waals surface area (Å²) in [5, 5.41) is 13.8. The number of methoxy groups -OCH3 is 2. The number of rotatable bonds is 9. The first-order chi connectivity index (χ1) is 15.8. The molecular formula is C22H21N3O7S. The lowest BCUT2D eigenvalue weighted by Crippen LogP contribution is -2.38. The van der Waals surface area contributed by atoms with Gasteiger partial charge in [0.15, 0.2) is 0 Å². The first kappa shape index (κ1) is 23.5. The highest BCUT2D eigenvalue weighted by atomic mass is 32.2. The van der Waals surface area contributed by atoms with Gasteiger partial charge < -0.3 is 14.8 Å². The summed E-state index contributed by atoms with van der Waals surface area (Å²) in [4.78, 5) is 23.4. The van der Waals surface area contributed by atoms with E-state index in [0.29, 0.717) is 17.2 Å². The van der Waals surface area contributed by atoms with E-state index in [1.165, 1.54) is 44.6 Å². The van der Waals surface area contributed by atoms with E-state index in [1.807, 2.05) is 0 Å². The van der Waals surface area contributed by atoms with Crippen molar-refractivity contribution in [3.63, 3.8) is 0 Å². The van der Waals surface area contributed by atoms with Crippen LogP contribution < -0.4 is 19.1 Å². The van der Waals surface area contributed by atoms with Gasteiger partial charge in [0.1, 0.15) is 18.0 Å². The Kier molecular flexibility index (Phi) is 7.13. The van der Waals surface area contributed by atoms with Crippen molar-refractivity contribution in [3.05, 3.63) is 82.9 Å². The van der Waals surface area contributed by atoms with Crippen molar-refractivity contribution in [3.8, 4) is 11.5 Å². The Hall–Kier alpha value is -4.12. The number of non-ortho nitro benzene ring substituents is 1. The lowest BCUT2D eigenvalue weighted by atomic mass is 10.2. The highest BCUT2D eigenvalue weighted by Crippen LogP contribution is 2.30. The Balaban J connectivity index is 1.98. The van der Waals surface area contributed by atoms with Gasteiger partial charge in [-0.2, -0.15) is 0 Å². The van der Waals surface area contributed by atoms with Crippen LogP contribution in [0.3, 0.4) is 0 Å². The molecule has 0 saturated heterocycles. The van der Waals surface area contributed by atoms with Gasteiger partial charge in [0.2, 0.25) is 5.91 Å². The monoisotopic (exact) mass is 471 g/mol. The van der Waals surface area contributed by atoms with Crippen molar-refractivity contribution in [2.24, 2.45) is 0 Å². The van der Waals surface area contributed by atoms with Crippen molar-refractivity contribution in [1.82, 2.24) is 0 Å². The molecule has 3 aromatic rings. The minimum atomic E-state index is -4.21. The molecule has 0 unspecified atom stereocenters. The van der Waals surface area contributed by atoms with Crippen LogP contribution in [-0.2, 0) is 14.8 Å². The minimum Gasteiger partial charge on any atom is -0.497 e. The normalized spacial score (nSPS) is 10.8. The van der Waals surface area contributed by atoms with Gasteiger partial charge in [-0.15, -0.1) is 0 Å². The Labute approximate surface area is 190 Å². The van der Waals surface area contributed by atoms with E-state index >= 15 is 0 Å². The second-order valence-electron chi connectivity index (χ2n) is 6.72. The molecule has 3 aromatic carbocycles. The number of carbonyl (C=O) groups excluding carboxylic acids is 1. The number of sulfonamides is 1. The van der Waals surface area contributed by atoms with Crippen LogP contribution in [0.4, 0.5) is 17.1 Å². The molecule has 0 bridgehead atoms. The van der Waals surface area contributed by atoms with Gasteiger partial charge in [-0.25, -0.2) is 8.42 Å². The lowest BCUT2D eigenvalue weighted by molar-refractivity contribution is -0.384. The maximum Gasteiger partial charge on any atom is 0.271 e. The first-order valence-corrected chi connectivity index (χ1v) is 11.0.